The van der Waals surface area contributed by atoms with Crippen molar-refractivity contribution in [3.8, 4) is 11.5 Å². The highest BCUT2D eigenvalue weighted by atomic mass is 16.5. The topological polar surface area (TPSA) is 43.7 Å². The quantitative estimate of drug-likeness (QED) is 0.632. The monoisotopic (exact) mass is 346 g/mol. The van der Waals surface area contributed by atoms with Crippen molar-refractivity contribution in [3.63, 3.8) is 0 Å². The van der Waals surface area contributed by atoms with E-state index in [4.69, 9.17) is 19.5 Å². The SMILES string of the molecule is COc1ccc(C=Nc2c3c(nc4ccccc24)CCCC3)cc1OC. The molecule has 0 fully saturated rings. The van der Waals surface area contributed by atoms with Gasteiger partial charge in [-0.25, -0.2) is 0 Å². The number of nitrogens with zero attached hydrogens (tertiary/aromatic N) is 2. The maximum Gasteiger partial charge on any atom is 0.161 e. The van der Waals surface area contributed by atoms with Crippen LogP contribution in [0, 0.1) is 0 Å². The lowest BCUT2D eigenvalue weighted by Gasteiger charge is -2.18. The van der Waals surface area contributed by atoms with E-state index in [1.165, 1.54) is 24.1 Å². The third-order valence-corrected chi connectivity index (χ3v) is 4.89. The summed E-state index contributed by atoms with van der Waals surface area (Å²) in [4.78, 5) is 9.76. The highest BCUT2D eigenvalue weighted by molar-refractivity contribution is 5.95. The third-order valence-electron chi connectivity index (χ3n) is 4.89. The van der Waals surface area contributed by atoms with Crippen molar-refractivity contribution in [1.82, 2.24) is 4.98 Å². The second kappa shape index (κ2) is 7.16. The van der Waals surface area contributed by atoms with Gasteiger partial charge in [-0.15, -0.1) is 0 Å². The number of benzene rings is 2. The van der Waals surface area contributed by atoms with E-state index < -0.39 is 0 Å². The lowest BCUT2D eigenvalue weighted by molar-refractivity contribution is 0.355. The summed E-state index contributed by atoms with van der Waals surface area (Å²) in [5.74, 6) is 1.43. The highest BCUT2D eigenvalue weighted by Crippen LogP contribution is 2.35. The average Bonchev–Trinajstić information content (AvgIpc) is 2.70. The Morgan fingerprint density at radius 1 is 0.962 bits per heavy atom. The fourth-order valence-corrected chi connectivity index (χ4v) is 3.57. The molecule has 1 heterocycles. The van der Waals surface area contributed by atoms with E-state index in [0.717, 1.165) is 40.7 Å². The molecule has 4 rings (SSSR count). The standard InChI is InChI=1S/C22H22N2O2/c1-25-20-12-11-15(13-21(20)26-2)14-23-22-16-7-3-5-9-18(16)24-19-10-6-4-8-17(19)22/h3,5,7,9,11-14H,4,6,8,10H2,1-2H3. The number of rotatable bonds is 4. The molecule has 2 aromatic carbocycles. The first kappa shape index (κ1) is 16.6. The Kier molecular flexibility index (Phi) is 4.57. The van der Waals surface area contributed by atoms with E-state index in [1.807, 2.05) is 30.5 Å². The molecule has 4 heteroatoms. The van der Waals surface area contributed by atoms with Gasteiger partial charge in [0.25, 0.3) is 0 Å². The van der Waals surface area contributed by atoms with Gasteiger partial charge in [0.15, 0.2) is 11.5 Å². The third kappa shape index (κ3) is 3.03. The van der Waals surface area contributed by atoms with Crippen LogP contribution in [-0.2, 0) is 12.8 Å². The summed E-state index contributed by atoms with van der Waals surface area (Å²) < 4.78 is 10.7. The van der Waals surface area contributed by atoms with Gasteiger partial charge in [-0.1, -0.05) is 18.2 Å². The molecule has 0 bridgehead atoms. The van der Waals surface area contributed by atoms with E-state index in [0.29, 0.717) is 5.75 Å². The van der Waals surface area contributed by atoms with Crippen LogP contribution in [-0.4, -0.2) is 25.4 Å². The number of methoxy groups -OCH3 is 2. The van der Waals surface area contributed by atoms with Crippen LogP contribution in [0.25, 0.3) is 10.9 Å². The van der Waals surface area contributed by atoms with Gasteiger partial charge in [0, 0.05) is 17.3 Å². The summed E-state index contributed by atoms with van der Waals surface area (Å²) in [7, 11) is 3.28. The molecule has 4 nitrogen and oxygen atoms in total. The Labute approximate surface area is 153 Å². The predicted octanol–water partition coefficient (Wildman–Crippen LogP) is 4.88. The molecule has 0 saturated carbocycles. The first-order valence-electron chi connectivity index (χ1n) is 8.96. The van der Waals surface area contributed by atoms with Crippen molar-refractivity contribution in [2.24, 2.45) is 4.99 Å². The van der Waals surface area contributed by atoms with Crippen molar-refractivity contribution in [3.05, 3.63) is 59.3 Å². The second-order valence-electron chi connectivity index (χ2n) is 6.48. The summed E-state index contributed by atoms with van der Waals surface area (Å²) in [5.41, 5.74) is 5.56. The number of para-hydroxylation sites is 1. The van der Waals surface area contributed by atoms with Gasteiger partial charge in [0.1, 0.15) is 0 Å². The maximum absolute atomic E-state index is 5.39. The summed E-state index contributed by atoms with van der Waals surface area (Å²) >= 11 is 0. The molecule has 0 amide bonds. The molecular weight excluding hydrogens is 324 g/mol. The van der Waals surface area contributed by atoms with Crippen LogP contribution in [0.15, 0.2) is 47.5 Å². The molecular formula is C22H22N2O2. The van der Waals surface area contributed by atoms with Crippen molar-refractivity contribution >= 4 is 22.8 Å². The first-order valence-corrected chi connectivity index (χ1v) is 8.96. The van der Waals surface area contributed by atoms with Crippen LogP contribution in [0.4, 0.5) is 5.69 Å². The Morgan fingerprint density at radius 3 is 2.62 bits per heavy atom. The minimum Gasteiger partial charge on any atom is -0.493 e. The van der Waals surface area contributed by atoms with E-state index >= 15 is 0 Å². The Hall–Kier alpha value is -2.88. The molecule has 0 radical (unpaired) electrons. The number of aryl methyl sites for hydroxylation is 1. The van der Waals surface area contributed by atoms with Gasteiger partial charge < -0.3 is 9.47 Å². The average molecular weight is 346 g/mol. The van der Waals surface area contributed by atoms with Crippen LogP contribution in [0.1, 0.15) is 29.7 Å². The molecule has 1 aliphatic carbocycles. The molecule has 0 spiro atoms. The van der Waals surface area contributed by atoms with E-state index in [2.05, 4.69) is 18.2 Å². The van der Waals surface area contributed by atoms with Crippen molar-refractivity contribution in [2.45, 2.75) is 25.7 Å². The van der Waals surface area contributed by atoms with Crippen molar-refractivity contribution < 1.29 is 9.47 Å². The Bertz CT molecular complexity index is 979. The predicted molar refractivity (Wildman–Crippen MR) is 105 cm³/mol. The molecule has 0 unspecified atom stereocenters. The van der Waals surface area contributed by atoms with Gasteiger partial charge in [0.2, 0.25) is 0 Å². The smallest absolute Gasteiger partial charge is 0.161 e. The number of aromatic nitrogens is 1. The number of hydrogen-bond donors (Lipinski definition) is 0. The van der Waals surface area contributed by atoms with Gasteiger partial charge in [-0.05, 0) is 61.1 Å². The lowest BCUT2D eigenvalue weighted by atomic mass is 9.93. The summed E-state index contributed by atoms with van der Waals surface area (Å²) in [5, 5.41) is 1.12. The zero-order chi connectivity index (χ0) is 17.9. The molecule has 0 N–H and O–H groups in total. The fourth-order valence-electron chi connectivity index (χ4n) is 3.57. The zero-order valence-electron chi connectivity index (χ0n) is 15.2. The highest BCUT2D eigenvalue weighted by Gasteiger charge is 2.17. The summed E-state index contributed by atoms with van der Waals surface area (Å²) in [6, 6.07) is 14.1. The van der Waals surface area contributed by atoms with E-state index in [-0.39, 0.29) is 0 Å². The number of fused-ring (bicyclic) bond motifs is 2. The molecule has 0 aliphatic heterocycles. The minimum absolute atomic E-state index is 0.707. The Morgan fingerprint density at radius 2 is 1.77 bits per heavy atom. The molecule has 1 aliphatic rings. The number of hydrogen-bond acceptors (Lipinski definition) is 4. The fraction of sp³-hybridized carbons (Fsp3) is 0.273. The molecule has 3 aromatic rings. The largest absolute Gasteiger partial charge is 0.493 e. The van der Waals surface area contributed by atoms with Crippen molar-refractivity contribution in [2.75, 3.05) is 14.2 Å². The number of aliphatic imine (C=N–C) groups is 1. The number of ether oxygens (including phenoxy) is 2. The number of pyridine rings is 1. The minimum atomic E-state index is 0.707. The molecule has 1 aromatic heterocycles. The van der Waals surface area contributed by atoms with E-state index in [1.54, 1.807) is 14.2 Å². The van der Waals surface area contributed by atoms with Gasteiger partial charge >= 0.3 is 0 Å². The van der Waals surface area contributed by atoms with Crippen LogP contribution in [0.5, 0.6) is 11.5 Å². The molecule has 0 atom stereocenters. The zero-order valence-corrected chi connectivity index (χ0v) is 15.2. The molecule has 26 heavy (non-hydrogen) atoms. The second-order valence-corrected chi connectivity index (χ2v) is 6.48. The molecule has 132 valence electrons. The molecule has 0 saturated heterocycles. The van der Waals surface area contributed by atoms with Crippen molar-refractivity contribution in [1.29, 1.82) is 0 Å². The van der Waals surface area contributed by atoms with Gasteiger partial charge in [0.05, 0.1) is 25.4 Å². The van der Waals surface area contributed by atoms with Gasteiger partial charge in [-0.3, -0.25) is 9.98 Å². The lowest BCUT2D eigenvalue weighted by Crippen LogP contribution is -2.06. The summed E-state index contributed by atoms with van der Waals surface area (Å²) in [6.45, 7) is 0. The van der Waals surface area contributed by atoms with Crippen LogP contribution in [0.3, 0.4) is 0 Å². The van der Waals surface area contributed by atoms with Gasteiger partial charge in [-0.2, -0.15) is 0 Å². The normalized spacial score (nSPS) is 13.8. The maximum atomic E-state index is 5.39. The van der Waals surface area contributed by atoms with Crippen LogP contribution in [0.2, 0.25) is 0 Å². The van der Waals surface area contributed by atoms with Crippen LogP contribution < -0.4 is 9.47 Å². The van der Waals surface area contributed by atoms with E-state index in [9.17, 15) is 0 Å². The summed E-state index contributed by atoms with van der Waals surface area (Å²) in [6.07, 6.45) is 6.40. The van der Waals surface area contributed by atoms with Crippen LogP contribution >= 0.6 is 0 Å². The Balaban J connectivity index is 1.80. The first-order chi connectivity index (χ1) is 12.8.